The monoisotopic (exact) mass is 402 g/mol. The maximum Gasteiger partial charge on any atom is 0.243 e. The number of fused-ring (bicyclic) bond motifs is 1. The van der Waals surface area contributed by atoms with E-state index in [1.807, 2.05) is 48.5 Å². The van der Waals surface area contributed by atoms with Crippen LogP contribution in [0.3, 0.4) is 0 Å². The van der Waals surface area contributed by atoms with E-state index >= 15 is 0 Å². The van der Waals surface area contributed by atoms with E-state index in [1.165, 1.54) is 0 Å². The van der Waals surface area contributed by atoms with Crippen LogP contribution in [0.25, 0.3) is 10.8 Å². The first-order chi connectivity index (χ1) is 10.7. The molecule has 0 aliphatic heterocycles. The second kappa shape index (κ2) is 6.79. The molecule has 4 heteroatoms. The van der Waals surface area contributed by atoms with Crippen molar-refractivity contribution in [1.82, 2.24) is 0 Å². The largest absolute Gasteiger partial charge is 0.376 e. The maximum absolute atomic E-state index is 12.0. The molecule has 110 valence electrons. The summed E-state index contributed by atoms with van der Waals surface area (Å²) in [6.07, 6.45) is 0. The van der Waals surface area contributed by atoms with Crippen LogP contribution < -0.4 is 10.6 Å². The average Bonchev–Trinajstić information content (AvgIpc) is 2.55. The summed E-state index contributed by atoms with van der Waals surface area (Å²) in [6, 6.07) is 21.9. The van der Waals surface area contributed by atoms with Gasteiger partial charge in [0.25, 0.3) is 0 Å². The van der Waals surface area contributed by atoms with Gasteiger partial charge in [-0.2, -0.15) is 0 Å². The number of amides is 1. The molecule has 3 aromatic rings. The molecule has 1 amide bonds. The second-order valence-electron chi connectivity index (χ2n) is 4.94. The molecule has 3 aromatic carbocycles. The fourth-order valence-corrected chi connectivity index (χ4v) is 2.65. The third-order valence-corrected chi connectivity index (χ3v) is 4.08. The molecule has 0 atom stereocenters. The maximum atomic E-state index is 12.0. The van der Waals surface area contributed by atoms with Gasteiger partial charge in [-0.3, -0.25) is 4.79 Å². The van der Waals surface area contributed by atoms with Gasteiger partial charge in [-0.1, -0.05) is 36.4 Å². The van der Waals surface area contributed by atoms with Gasteiger partial charge in [-0.25, -0.2) is 0 Å². The minimum atomic E-state index is -0.0610. The number of halogens is 1. The van der Waals surface area contributed by atoms with E-state index < -0.39 is 0 Å². The molecular formula is C18H15IN2O. The minimum Gasteiger partial charge on any atom is -0.376 e. The lowest BCUT2D eigenvalue weighted by molar-refractivity contribution is -0.114. The molecule has 0 aliphatic carbocycles. The number of carbonyl (C=O) groups is 1. The Kier molecular flexibility index (Phi) is 4.58. The van der Waals surface area contributed by atoms with Crippen LogP contribution in [0.5, 0.6) is 0 Å². The summed E-state index contributed by atoms with van der Waals surface area (Å²) in [5.41, 5.74) is 1.78. The third-order valence-electron chi connectivity index (χ3n) is 3.36. The summed E-state index contributed by atoms with van der Waals surface area (Å²) in [6.45, 7) is 0.236. The fraction of sp³-hybridized carbons (Fsp3) is 0.0556. The summed E-state index contributed by atoms with van der Waals surface area (Å²) in [7, 11) is 0. The zero-order valence-electron chi connectivity index (χ0n) is 11.8. The average molecular weight is 402 g/mol. The number of benzene rings is 3. The van der Waals surface area contributed by atoms with Crippen molar-refractivity contribution in [3.8, 4) is 0 Å². The molecule has 22 heavy (non-hydrogen) atoms. The highest BCUT2D eigenvalue weighted by Crippen LogP contribution is 2.22. The lowest BCUT2D eigenvalue weighted by atomic mass is 10.1. The fourth-order valence-electron chi connectivity index (χ4n) is 2.29. The molecule has 0 aliphatic rings. The highest BCUT2D eigenvalue weighted by Gasteiger charge is 2.04. The van der Waals surface area contributed by atoms with Crippen molar-refractivity contribution in [1.29, 1.82) is 0 Å². The zero-order valence-corrected chi connectivity index (χ0v) is 14.0. The highest BCUT2D eigenvalue weighted by atomic mass is 127. The van der Waals surface area contributed by atoms with Crippen LogP contribution in [0.1, 0.15) is 0 Å². The Morgan fingerprint density at radius 1 is 0.909 bits per heavy atom. The van der Waals surface area contributed by atoms with Gasteiger partial charge in [0, 0.05) is 20.3 Å². The Bertz CT molecular complexity index is 794. The first-order valence-electron chi connectivity index (χ1n) is 6.99. The number of nitrogens with one attached hydrogen (secondary N) is 2. The van der Waals surface area contributed by atoms with Crippen LogP contribution >= 0.6 is 22.6 Å². The van der Waals surface area contributed by atoms with Gasteiger partial charge in [0.15, 0.2) is 0 Å². The van der Waals surface area contributed by atoms with Crippen LogP contribution in [0.2, 0.25) is 0 Å². The number of hydrogen-bond donors (Lipinski definition) is 2. The van der Waals surface area contributed by atoms with Gasteiger partial charge in [0.1, 0.15) is 0 Å². The molecule has 3 rings (SSSR count). The van der Waals surface area contributed by atoms with E-state index in [4.69, 9.17) is 0 Å². The van der Waals surface area contributed by atoms with E-state index in [1.54, 1.807) is 0 Å². The Morgan fingerprint density at radius 3 is 2.45 bits per heavy atom. The van der Waals surface area contributed by atoms with Crippen molar-refractivity contribution in [3.63, 3.8) is 0 Å². The van der Waals surface area contributed by atoms with Crippen molar-refractivity contribution < 1.29 is 4.79 Å². The Labute approximate surface area is 142 Å². The second-order valence-corrected chi connectivity index (χ2v) is 6.18. The summed E-state index contributed by atoms with van der Waals surface area (Å²) < 4.78 is 1.14. The van der Waals surface area contributed by atoms with Gasteiger partial charge in [0.05, 0.1) is 6.54 Å². The van der Waals surface area contributed by atoms with Crippen LogP contribution in [-0.2, 0) is 4.79 Å². The lowest BCUT2D eigenvalue weighted by Crippen LogP contribution is -2.21. The highest BCUT2D eigenvalue weighted by molar-refractivity contribution is 14.1. The standard InChI is InChI=1S/C18H15IN2O/c19-14-8-10-15(11-9-14)21-18(22)12-20-17-7-3-5-13-4-1-2-6-16(13)17/h1-11,20H,12H2,(H,21,22). The molecule has 0 unspecified atom stereocenters. The normalized spacial score (nSPS) is 10.4. The van der Waals surface area contributed by atoms with Gasteiger partial charge in [-0.05, 0) is 58.3 Å². The number of carbonyl (C=O) groups excluding carboxylic acids is 1. The van der Waals surface area contributed by atoms with Crippen molar-refractivity contribution in [2.24, 2.45) is 0 Å². The molecule has 0 radical (unpaired) electrons. The van der Waals surface area contributed by atoms with Gasteiger partial charge in [0.2, 0.25) is 5.91 Å². The van der Waals surface area contributed by atoms with E-state index in [0.29, 0.717) is 0 Å². The molecule has 0 aromatic heterocycles. The Hall–Kier alpha value is -2.08. The third kappa shape index (κ3) is 3.57. The first kappa shape index (κ1) is 14.8. The Balaban J connectivity index is 1.66. The van der Waals surface area contributed by atoms with Gasteiger partial charge in [-0.15, -0.1) is 0 Å². The quantitative estimate of drug-likeness (QED) is 0.632. The van der Waals surface area contributed by atoms with Crippen molar-refractivity contribution in [3.05, 3.63) is 70.3 Å². The topological polar surface area (TPSA) is 41.1 Å². The number of anilines is 2. The molecule has 3 nitrogen and oxygen atoms in total. The zero-order chi connectivity index (χ0) is 15.4. The van der Waals surface area contributed by atoms with Gasteiger partial charge >= 0.3 is 0 Å². The van der Waals surface area contributed by atoms with Crippen LogP contribution in [0.4, 0.5) is 11.4 Å². The summed E-state index contributed by atoms with van der Waals surface area (Å²) in [5, 5.41) is 8.36. The van der Waals surface area contributed by atoms with Gasteiger partial charge < -0.3 is 10.6 Å². The summed E-state index contributed by atoms with van der Waals surface area (Å²) in [5.74, 6) is -0.0610. The summed E-state index contributed by atoms with van der Waals surface area (Å²) >= 11 is 2.24. The summed E-state index contributed by atoms with van der Waals surface area (Å²) in [4.78, 5) is 12.0. The molecule has 0 spiro atoms. The van der Waals surface area contributed by atoms with Crippen molar-refractivity contribution >= 4 is 50.6 Å². The predicted molar refractivity (Wildman–Crippen MR) is 100 cm³/mol. The number of rotatable bonds is 4. The Morgan fingerprint density at radius 2 is 1.64 bits per heavy atom. The van der Waals surface area contributed by atoms with Crippen LogP contribution in [0, 0.1) is 3.57 Å². The van der Waals surface area contributed by atoms with Crippen LogP contribution in [-0.4, -0.2) is 12.5 Å². The number of hydrogen-bond acceptors (Lipinski definition) is 2. The minimum absolute atomic E-state index is 0.0610. The molecule has 2 N–H and O–H groups in total. The smallest absolute Gasteiger partial charge is 0.243 e. The van der Waals surface area contributed by atoms with Crippen molar-refractivity contribution in [2.45, 2.75) is 0 Å². The molecule has 0 saturated heterocycles. The molecule has 0 saturated carbocycles. The van der Waals surface area contributed by atoms with E-state index in [-0.39, 0.29) is 12.5 Å². The SMILES string of the molecule is O=C(CNc1cccc2ccccc12)Nc1ccc(I)cc1. The molecule has 0 fully saturated rings. The van der Waals surface area contributed by atoms with E-state index in [9.17, 15) is 4.79 Å². The first-order valence-corrected chi connectivity index (χ1v) is 8.07. The molecule has 0 heterocycles. The predicted octanol–water partition coefficient (Wildman–Crippen LogP) is 4.50. The molecule has 0 bridgehead atoms. The van der Waals surface area contributed by atoms with E-state index in [2.05, 4.69) is 51.4 Å². The molecular weight excluding hydrogens is 387 g/mol. The van der Waals surface area contributed by atoms with E-state index in [0.717, 1.165) is 25.7 Å². The van der Waals surface area contributed by atoms with Crippen molar-refractivity contribution in [2.75, 3.05) is 17.2 Å². The lowest BCUT2D eigenvalue weighted by Gasteiger charge is -2.10. The van der Waals surface area contributed by atoms with Crippen LogP contribution in [0.15, 0.2) is 66.7 Å².